The topological polar surface area (TPSA) is 80.1 Å². The van der Waals surface area contributed by atoms with Crippen LogP contribution in [0.25, 0.3) is 0 Å². The molecule has 20 heavy (non-hydrogen) atoms. The molecule has 0 radical (unpaired) electrons. The van der Waals surface area contributed by atoms with E-state index in [0.29, 0.717) is 31.7 Å². The molecule has 1 saturated heterocycles. The van der Waals surface area contributed by atoms with Crippen LogP contribution in [0.2, 0.25) is 0 Å². The van der Waals surface area contributed by atoms with Gasteiger partial charge in [0.05, 0.1) is 12.2 Å². The number of aromatic nitrogens is 3. The molecule has 1 aromatic rings. The van der Waals surface area contributed by atoms with Crippen LogP contribution in [0.15, 0.2) is 6.20 Å². The van der Waals surface area contributed by atoms with E-state index in [1.165, 1.54) is 0 Å². The van der Waals surface area contributed by atoms with E-state index in [1.807, 2.05) is 13.8 Å². The number of rotatable bonds is 3. The zero-order valence-corrected chi connectivity index (χ0v) is 12.2. The summed E-state index contributed by atoms with van der Waals surface area (Å²) < 4.78 is 0. The number of piperidine rings is 1. The molecule has 1 aromatic heterocycles. The molecule has 0 atom stereocenters. The highest BCUT2D eigenvalue weighted by atomic mass is 16.2. The smallest absolute Gasteiger partial charge is 0.228 e. The molecule has 0 saturated carbocycles. The van der Waals surface area contributed by atoms with Crippen LogP contribution in [-0.4, -0.2) is 44.8 Å². The lowest BCUT2D eigenvalue weighted by Crippen LogP contribution is -2.40. The van der Waals surface area contributed by atoms with E-state index >= 15 is 0 Å². The molecule has 2 amide bonds. The lowest BCUT2D eigenvalue weighted by Gasteiger charge is -2.30. The van der Waals surface area contributed by atoms with Gasteiger partial charge in [0, 0.05) is 25.9 Å². The van der Waals surface area contributed by atoms with Crippen LogP contribution in [-0.2, 0) is 9.59 Å². The highest BCUT2D eigenvalue weighted by molar-refractivity contribution is 5.91. The lowest BCUT2D eigenvalue weighted by atomic mass is 9.96. The molecular formula is C13H21N5O2. The van der Waals surface area contributed by atoms with Gasteiger partial charge in [-0.2, -0.15) is 9.90 Å². The van der Waals surface area contributed by atoms with Crippen LogP contribution in [0.4, 0.5) is 5.82 Å². The first-order valence-electron chi connectivity index (χ1n) is 6.95. The number of hydrogen-bond donors (Lipinski definition) is 1. The van der Waals surface area contributed by atoms with Crippen molar-refractivity contribution in [3.63, 3.8) is 0 Å². The highest BCUT2D eigenvalue weighted by Crippen LogP contribution is 2.19. The first-order valence-corrected chi connectivity index (χ1v) is 6.95. The van der Waals surface area contributed by atoms with Gasteiger partial charge in [-0.15, -0.1) is 5.10 Å². The minimum absolute atomic E-state index is 0.0380. The summed E-state index contributed by atoms with van der Waals surface area (Å²) in [6, 6.07) is 0.166. The highest BCUT2D eigenvalue weighted by Gasteiger charge is 2.26. The summed E-state index contributed by atoms with van der Waals surface area (Å²) in [5.74, 6) is 0.459. The zero-order valence-electron chi connectivity index (χ0n) is 12.2. The van der Waals surface area contributed by atoms with E-state index < -0.39 is 0 Å². The summed E-state index contributed by atoms with van der Waals surface area (Å²) in [6.07, 6.45) is 2.95. The number of carbonyl (C=O) groups excluding carboxylic acids is 2. The van der Waals surface area contributed by atoms with Crippen LogP contribution >= 0.6 is 0 Å². The molecule has 2 rings (SSSR count). The fraction of sp³-hybridized carbons (Fsp3) is 0.692. The molecule has 0 unspecified atom stereocenters. The van der Waals surface area contributed by atoms with Gasteiger partial charge in [0.2, 0.25) is 11.8 Å². The van der Waals surface area contributed by atoms with Crippen LogP contribution in [0.3, 0.4) is 0 Å². The quantitative estimate of drug-likeness (QED) is 0.897. The number of likely N-dealkylation sites (tertiary alicyclic amines) is 1. The Morgan fingerprint density at radius 3 is 2.50 bits per heavy atom. The van der Waals surface area contributed by atoms with Gasteiger partial charge in [-0.3, -0.25) is 9.59 Å². The van der Waals surface area contributed by atoms with Crippen LogP contribution in [0.1, 0.15) is 39.7 Å². The summed E-state index contributed by atoms with van der Waals surface area (Å²) in [6.45, 7) is 6.80. The minimum atomic E-state index is -0.0604. The summed E-state index contributed by atoms with van der Waals surface area (Å²) in [5, 5.41) is 11.1. The third-order valence-electron chi connectivity index (χ3n) is 3.53. The van der Waals surface area contributed by atoms with Crippen molar-refractivity contribution in [2.45, 2.75) is 39.7 Å². The number of anilines is 1. The van der Waals surface area contributed by atoms with Crippen molar-refractivity contribution in [3.05, 3.63) is 6.20 Å². The maximum absolute atomic E-state index is 12.1. The molecule has 7 heteroatoms. The Hall–Kier alpha value is -1.92. The molecule has 0 aliphatic carbocycles. The van der Waals surface area contributed by atoms with Crippen LogP contribution < -0.4 is 5.32 Å². The second-order valence-corrected chi connectivity index (χ2v) is 5.41. The Balaban J connectivity index is 1.87. The monoisotopic (exact) mass is 279 g/mol. The van der Waals surface area contributed by atoms with E-state index in [1.54, 1.807) is 22.8 Å². The average Bonchev–Trinajstić information content (AvgIpc) is 2.87. The van der Waals surface area contributed by atoms with Gasteiger partial charge in [-0.1, -0.05) is 0 Å². The van der Waals surface area contributed by atoms with Crippen molar-refractivity contribution in [1.82, 2.24) is 19.9 Å². The zero-order chi connectivity index (χ0) is 14.7. The molecule has 1 aliphatic rings. The SMILES string of the molecule is CC(=O)N1CCC(C(=O)Nc2cnn(C(C)C)n2)CC1. The third kappa shape index (κ3) is 3.34. The van der Waals surface area contributed by atoms with E-state index in [9.17, 15) is 9.59 Å². The summed E-state index contributed by atoms with van der Waals surface area (Å²) >= 11 is 0. The van der Waals surface area contributed by atoms with E-state index in [4.69, 9.17) is 0 Å². The molecule has 110 valence electrons. The van der Waals surface area contributed by atoms with E-state index in [0.717, 1.165) is 0 Å². The number of nitrogens with zero attached hydrogens (tertiary/aromatic N) is 4. The predicted octanol–water partition coefficient (Wildman–Crippen LogP) is 1.06. The lowest BCUT2D eigenvalue weighted by molar-refractivity contribution is -0.132. The molecule has 1 N–H and O–H groups in total. The first kappa shape index (κ1) is 14.5. The number of amides is 2. The van der Waals surface area contributed by atoms with E-state index in [-0.39, 0.29) is 23.8 Å². The molecule has 0 spiro atoms. The number of hydrogen-bond acceptors (Lipinski definition) is 4. The van der Waals surface area contributed by atoms with Crippen molar-refractivity contribution in [1.29, 1.82) is 0 Å². The molecule has 0 aromatic carbocycles. The van der Waals surface area contributed by atoms with Gasteiger partial charge in [-0.25, -0.2) is 0 Å². The molecule has 0 bridgehead atoms. The molecule has 1 fully saturated rings. The Morgan fingerprint density at radius 2 is 2.00 bits per heavy atom. The Labute approximate surface area is 118 Å². The van der Waals surface area contributed by atoms with Gasteiger partial charge >= 0.3 is 0 Å². The number of nitrogens with one attached hydrogen (secondary N) is 1. The van der Waals surface area contributed by atoms with Gasteiger partial charge in [0.15, 0.2) is 5.82 Å². The predicted molar refractivity (Wildman–Crippen MR) is 74.0 cm³/mol. The van der Waals surface area contributed by atoms with Crippen molar-refractivity contribution in [2.24, 2.45) is 5.92 Å². The van der Waals surface area contributed by atoms with Crippen molar-refractivity contribution in [2.75, 3.05) is 18.4 Å². The fourth-order valence-corrected chi connectivity index (χ4v) is 2.27. The Morgan fingerprint density at radius 1 is 1.35 bits per heavy atom. The minimum Gasteiger partial charge on any atom is -0.343 e. The van der Waals surface area contributed by atoms with Crippen molar-refractivity contribution in [3.8, 4) is 0 Å². The standard InChI is InChI=1S/C13H21N5O2/c1-9(2)18-14-8-12(16-18)15-13(20)11-4-6-17(7-5-11)10(3)19/h8-9,11H,4-7H2,1-3H3,(H,15,16,20). The summed E-state index contributed by atoms with van der Waals surface area (Å²) in [5.41, 5.74) is 0. The second kappa shape index (κ2) is 6.02. The second-order valence-electron chi connectivity index (χ2n) is 5.41. The van der Waals surface area contributed by atoms with Gasteiger partial charge in [0.1, 0.15) is 0 Å². The largest absolute Gasteiger partial charge is 0.343 e. The molecule has 2 heterocycles. The van der Waals surface area contributed by atoms with Gasteiger partial charge in [-0.05, 0) is 26.7 Å². The molecular weight excluding hydrogens is 258 g/mol. The third-order valence-corrected chi connectivity index (χ3v) is 3.53. The maximum atomic E-state index is 12.1. The Bertz CT molecular complexity index is 489. The van der Waals surface area contributed by atoms with E-state index in [2.05, 4.69) is 15.5 Å². The van der Waals surface area contributed by atoms with Crippen LogP contribution in [0.5, 0.6) is 0 Å². The first-order chi connectivity index (χ1) is 9.47. The average molecular weight is 279 g/mol. The van der Waals surface area contributed by atoms with Crippen molar-refractivity contribution >= 4 is 17.6 Å². The normalized spacial score (nSPS) is 16.5. The van der Waals surface area contributed by atoms with Crippen LogP contribution in [0, 0.1) is 5.92 Å². The van der Waals surface area contributed by atoms with Gasteiger partial charge in [0.25, 0.3) is 0 Å². The Kier molecular flexibility index (Phi) is 4.36. The van der Waals surface area contributed by atoms with Gasteiger partial charge < -0.3 is 10.2 Å². The van der Waals surface area contributed by atoms with Crippen molar-refractivity contribution < 1.29 is 9.59 Å². The maximum Gasteiger partial charge on any atom is 0.228 e. The molecule has 7 nitrogen and oxygen atoms in total. The fourth-order valence-electron chi connectivity index (χ4n) is 2.27. The summed E-state index contributed by atoms with van der Waals surface area (Å²) in [7, 11) is 0. The number of carbonyl (C=O) groups is 2. The summed E-state index contributed by atoms with van der Waals surface area (Å²) in [4.78, 5) is 26.7. The molecule has 1 aliphatic heterocycles.